The minimum Gasteiger partial charge on any atom is -0.342 e. The average Bonchev–Trinajstić information content (AvgIpc) is 2.79. The number of thiazole rings is 1. The molecule has 0 aliphatic heterocycles. The van der Waals surface area contributed by atoms with Gasteiger partial charge in [0.05, 0.1) is 4.70 Å². The number of benzene rings is 2. The van der Waals surface area contributed by atoms with Gasteiger partial charge in [0.2, 0.25) is 0 Å². The van der Waals surface area contributed by atoms with Gasteiger partial charge >= 0.3 is 0 Å². The van der Waals surface area contributed by atoms with E-state index in [0.29, 0.717) is 21.5 Å². The number of hydrogen-bond donors (Lipinski definition) is 2. The minimum atomic E-state index is -0.312. The average molecular weight is 348 g/mol. The van der Waals surface area contributed by atoms with E-state index in [1.807, 2.05) is 38.1 Å². The van der Waals surface area contributed by atoms with Gasteiger partial charge < -0.3 is 10.6 Å². The van der Waals surface area contributed by atoms with Crippen molar-refractivity contribution in [2.24, 2.45) is 0 Å². The molecule has 23 heavy (non-hydrogen) atoms. The van der Waals surface area contributed by atoms with Crippen LogP contribution in [0.15, 0.2) is 42.7 Å². The molecule has 2 aromatic carbocycles. The Morgan fingerprint density at radius 3 is 2.61 bits per heavy atom. The van der Waals surface area contributed by atoms with Crippen molar-refractivity contribution in [1.29, 1.82) is 0 Å². The van der Waals surface area contributed by atoms with Gasteiger partial charge in [-0.3, -0.25) is 0 Å². The normalized spacial score (nSPS) is 10.8. The number of nitrogens with zero attached hydrogens (tertiary/aromatic N) is 1. The molecule has 0 fully saturated rings. The summed E-state index contributed by atoms with van der Waals surface area (Å²) in [6, 6.07) is 9.04. The molecule has 1 aromatic heterocycles. The minimum absolute atomic E-state index is 0.312. The summed E-state index contributed by atoms with van der Waals surface area (Å²) in [4.78, 5) is 4.28. The highest BCUT2D eigenvalue weighted by Gasteiger charge is 2.10. The van der Waals surface area contributed by atoms with Crippen LogP contribution in [-0.4, -0.2) is 4.98 Å². The molecule has 0 unspecified atom stereocenters. The van der Waals surface area contributed by atoms with Crippen LogP contribution < -0.4 is 10.6 Å². The molecular formula is C17H15ClFN3S. The van der Waals surface area contributed by atoms with Crippen molar-refractivity contribution in [2.45, 2.75) is 13.8 Å². The van der Waals surface area contributed by atoms with Crippen molar-refractivity contribution in [3.8, 4) is 0 Å². The number of rotatable bonds is 4. The first kappa shape index (κ1) is 15.8. The maximum atomic E-state index is 13.9. The lowest BCUT2D eigenvalue weighted by atomic mass is 10.2. The summed E-state index contributed by atoms with van der Waals surface area (Å²) in [5.41, 5.74) is 3.12. The number of aryl methyl sites for hydroxylation is 2. The molecule has 118 valence electrons. The lowest BCUT2D eigenvalue weighted by molar-refractivity contribution is 0.636. The van der Waals surface area contributed by atoms with E-state index in [1.165, 1.54) is 17.4 Å². The predicted octanol–water partition coefficient (Wildman–Crippen LogP) is 5.70. The predicted molar refractivity (Wildman–Crippen MR) is 96.9 cm³/mol. The smallest absolute Gasteiger partial charge is 0.189 e. The number of nitrogens with one attached hydrogen (secondary N) is 2. The summed E-state index contributed by atoms with van der Waals surface area (Å²) in [5.74, 6) is 0.233. The molecule has 0 atom stereocenters. The Morgan fingerprint density at radius 2 is 1.87 bits per heavy atom. The van der Waals surface area contributed by atoms with Crippen LogP contribution in [-0.2, 0) is 0 Å². The Labute approximate surface area is 142 Å². The van der Waals surface area contributed by atoms with Crippen LogP contribution in [0.25, 0.3) is 10.2 Å². The summed E-state index contributed by atoms with van der Waals surface area (Å²) in [6.07, 6.45) is 0. The summed E-state index contributed by atoms with van der Waals surface area (Å²) in [6.45, 7) is 7.74. The second kappa shape index (κ2) is 6.18. The van der Waals surface area contributed by atoms with Crippen LogP contribution in [0.4, 0.5) is 15.2 Å². The summed E-state index contributed by atoms with van der Waals surface area (Å²) in [5, 5.41) is 7.42. The lowest BCUT2D eigenvalue weighted by Gasteiger charge is -2.11. The van der Waals surface area contributed by atoms with Gasteiger partial charge in [-0.2, -0.15) is 0 Å². The third-order valence-electron chi connectivity index (χ3n) is 3.19. The highest BCUT2D eigenvalue weighted by molar-refractivity contribution is 7.22. The van der Waals surface area contributed by atoms with Crippen molar-refractivity contribution in [3.63, 3.8) is 0 Å². The number of aromatic nitrogens is 1. The van der Waals surface area contributed by atoms with Crippen LogP contribution >= 0.6 is 22.9 Å². The first-order valence-electron chi connectivity index (χ1n) is 6.97. The van der Waals surface area contributed by atoms with Crippen molar-refractivity contribution in [3.05, 3.63) is 64.7 Å². The van der Waals surface area contributed by atoms with E-state index >= 15 is 0 Å². The number of fused-ring (bicyclic) bond motifs is 1. The van der Waals surface area contributed by atoms with Crippen LogP contribution in [0.5, 0.6) is 0 Å². The molecule has 3 rings (SSSR count). The SMILES string of the molecule is C=C(Nc1cc(C)cc(Cl)c1)Nc1nc2c(F)cc(C)cc2s1. The summed E-state index contributed by atoms with van der Waals surface area (Å²) < 4.78 is 14.7. The fourth-order valence-electron chi connectivity index (χ4n) is 2.31. The molecule has 0 amide bonds. The number of hydrogen-bond acceptors (Lipinski definition) is 4. The van der Waals surface area contributed by atoms with Crippen LogP contribution in [0.1, 0.15) is 11.1 Å². The van der Waals surface area contributed by atoms with Crippen molar-refractivity contribution in [1.82, 2.24) is 4.98 Å². The van der Waals surface area contributed by atoms with E-state index in [-0.39, 0.29) is 5.82 Å². The molecule has 6 heteroatoms. The highest BCUT2D eigenvalue weighted by atomic mass is 35.5. The largest absolute Gasteiger partial charge is 0.342 e. The molecule has 0 aliphatic rings. The van der Waals surface area contributed by atoms with Crippen LogP contribution in [0.3, 0.4) is 0 Å². The molecule has 3 nitrogen and oxygen atoms in total. The quantitative estimate of drug-likeness (QED) is 0.635. The molecule has 0 saturated carbocycles. The third-order valence-corrected chi connectivity index (χ3v) is 4.32. The topological polar surface area (TPSA) is 37.0 Å². The molecule has 0 spiro atoms. The fourth-order valence-corrected chi connectivity index (χ4v) is 3.61. The monoisotopic (exact) mass is 347 g/mol. The van der Waals surface area contributed by atoms with Gasteiger partial charge in [0.25, 0.3) is 0 Å². The Kier molecular flexibility index (Phi) is 4.24. The Hall–Kier alpha value is -2.11. The maximum Gasteiger partial charge on any atom is 0.189 e. The van der Waals surface area contributed by atoms with Crippen molar-refractivity contribution in [2.75, 3.05) is 10.6 Å². The first-order valence-corrected chi connectivity index (χ1v) is 8.17. The van der Waals surface area contributed by atoms with E-state index in [0.717, 1.165) is 21.5 Å². The molecular weight excluding hydrogens is 333 g/mol. The zero-order chi connectivity index (χ0) is 16.6. The van der Waals surface area contributed by atoms with Gasteiger partial charge in [0.1, 0.15) is 11.3 Å². The fraction of sp³-hybridized carbons (Fsp3) is 0.118. The molecule has 0 saturated heterocycles. The molecule has 3 aromatic rings. The van der Waals surface area contributed by atoms with Gasteiger partial charge in [0.15, 0.2) is 10.9 Å². The molecule has 2 N–H and O–H groups in total. The van der Waals surface area contributed by atoms with E-state index in [2.05, 4.69) is 22.2 Å². The van der Waals surface area contributed by atoms with Gasteiger partial charge in [0, 0.05) is 10.7 Å². The van der Waals surface area contributed by atoms with Gasteiger partial charge in [-0.1, -0.05) is 29.5 Å². The number of anilines is 2. The van der Waals surface area contributed by atoms with Gasteiger partial charge in [-0.15, -0.1) is 0 Å². The number of halogens is 2. The zero-order valence-corrected chi connectivity index (χ0v) is 14.3. The standard InChI is InChI=1S/C17H15ClFN3S/c1-9-4-12(18)8-13(5-9)20-11(3)21-17-22-16-14(19)6-10(2)7-15(16)23-17/h4-8,20H,3H2,1-2H3,(H,21,22). The Balaban J connectivity index is 1.78. The summed E-state index contributed by atoms with van der Waals surface area (Å²) >= 11 is 7.42. The second-order valence-electron chi connectivity index (χ2n) is 5.36. The molecule has 0 radical (unpaired) electrons. The van der Waals surface area contributed by atoms with Crippen molar-refractivity contribution >= 4 is 44.0 Å². The van der Waals surface area contributed by atoms with Crippen molar-refractivity contribution < 1.29 is 4.39 Å². The van der Waals surface area contributed by atoms with Gasteiger partial charge in [-0.05, 0) is 55.3 Å². The Bertz CT molecular complexity index is 884. The van der Waals surface area contributed by atoms with E-state index in [9.17, 15) is 4.39 Å². The second-order valence-corrected chi connectivity index (χ2v) is 6.83. The van der Waals surface area contributed by atoms with E-state index in [4.69, 9.17) is 11.6 Å². The molecule has 1 heterocycles. The molecule has 0 bridgehead atoms. The zero-order valence-electron chi connectivity index (χ0n) is 12.7. The van der Waals surface area contributed by atoms with E-state index < -0.39 is 0 Å². The molecule has 0 aliphatic carbocycles. The van der Waals surface area contributed by atoms with Crippen LogP contribution in [0.2, 0.25) is 5.02 Å². The highest BCUT2D eigenvalue weighted by Crippen LogP contribution is 2.29. The Morgan fingerprint density at radius 1 is 1.13 bits per heavy atom. The third kappa shape index (κ3) is 3.63. The maximum absolute atomic E-state index is 13.9. The van der Waals surface area contributed by atoms with E-state index in [1.54, 1.807) is 0 Å². The van der Waals surface area contributed by atoms with Crippen LogP contribution in [0, 0.1) is 19.7 Å². The lowest BCUT2D eigenvalue weighted by Crippen LogP contribution is -2.07. The van der Waals surface area contributed by atoms with Gasteiger partial charge in [-0.25, -0.2) is 9.37 Å². The first-order chi connectivity index (χ1) is 10.9. The summed E-state index contributed by atoms with van der Waals surface area (Å²) in [7, 11) is 0.